The molecule has 1 amide bonds. The molecule has 2 rings (SSSR count). The molecule has 1 aliphatic rings. The third kappa shape index (κ3) is 3.20. The summed E-state index contributed by atoms with van der Waals surface area (Å²) in [6.45, 7) is 4.76. The van der Waals surface area contributed by atoms with E-state index in [1.165, 1.54) is 30.6 Å². The van der Waals surface area contributed by atoms with Crippen LogP contribution < -0.4 is 16.8 Å². The molecule has 1 heterocycles. The Morgan fingerprint density at radius 2 is 2.00 bits per heavy atom. The second kappa shape index (κ2) is 6.05. The standard InChI is InChI=1S/C15H23N3O2S/c1-3-5-15(6-7-15)8-18-14-10(13(17)20)11(16)12(21-14)9(19)4-2/h18H,3-8,16H2,1-2H3,(H2,17,20). The highest BCUT2D eigenvalue weighted by Gasteiger charge is 2.41. The highest BCUT2D eigenvalue weighted by Crippen LogP contribution is 2.50. The number of nitrogens with two attached hydrogens (primary N) is 2. The number of ketones is 1. The minimum atomic E-state index is -0.582. The summed E-state index contributed by atoms with van der Waals surface area (Å²) in [5.41, 5.74) is 12.2. The number of amides is 1. The first-order valence-electron chi connectivity index (χ1n) is 7.43. The van der Waals surface area contributed by atoms with Crippen LogP contribution in [0.2, 0.25) is 0 Å². The molecule has 1 saturated carbocycles. The molecule has 1 fully saturated rings. The quantitative estimate of drug-likeness (QED) is 0.643. The van der Waals surface area contributed by atoms with Gasteiger partial charge in [0.2, 0.25) is 0 Å². The third-order valence-corrected chi connectivity index (χ3v) is 5.33. The van der Waals surface area contributed by atoms with Crippen molar-refractivity contribution in [2.24, 2.45) is 11.1 Å². The summed E-state index contributed by atoms with van der Waals surface area (Å²) in [4.78, 5) is 24.0. The van der Waals surface area contributed by atoms with Crippen molar-refractivity contribution in [2.75, 3.05) is 17.6 Å². The van der Waals surface area contributed by atoms with E-state index in [0.717, 1.165) is 13.0 Å². The van der Waals surface area contributed by atoms with E-state index in [0.29, 0.717) is 21.7 Å². The molecule has 6 heteroatoms. The summed E-state index contributed by atoms with van der Waals surface area (Å²) < 4.78 is 0. The van der Waals surface area contributed by atoms with Gasteiger partial charge in [-0.2, -0.15) is 0 Å². The third-order valence-electron chi connectivity index (χ3n) is 4.13. The Kier molecular flexibility index (Phi) is 4.56. The maximum Gasteiger partial charge on any atom is 0.253 e. The van der Waals surface area contributed by atoms with E-state index in [1.54, 1.807) is 6.92 Å². The van der Waals surface area contributed by atoms with E-state index in [4.69, 9.17) is 11.5 Å². The number of thiophene rings is 1. The van der Waals surface area contributed by atoms with Gasteiger partial charge in [-0.1, -0.05) is 20.3 Å². The molecule has 0 unspecified atom stereocenters. The molecule has 0 spiro atoms. The van der Waals surface area contributed by atoms with E-state index in [9.17, 15) is 9.59 Å². The van der Waals surface area contributed by atoms with Gasteiger partial charge in [0.1, 0.15) is 5.00 Å². The topological polar surface area (TPSA) is 98.2 Å². The lowest BCUT2D eigenvalue weighted by molar-refractivity contribution is 0.0991. The van der Waals surface area contributed by atoms with Gasteiger partial charge >= 0.3 is 0 Å². The molecule has 0 bridgehead atoms. The fourth-order valence-electron chi connectivity index (χ4n) is 2.67. The van der Waals surface area contributed by atoms with Crippen LogP contribution >= 0.6 is 11.3 Å². The molecule has 1 aliphatic carbocycles. The molecular weight excluding hydrogens is 286 g/mol. The molecule has 21 heavy (non-hydrogen) atoms. The number of anilines is 2. The number of hydrogen-bond acceptors (Lipinski definition) is 5. The molecule has 0 radical (unpaired) electrons. The molecule has 0 atom stereocenters. The predicted octanol–water partition coefficient (Wildman–Crippen LogP) is 3.01. The van der Waals surface area contributed by atoms with Gasteiger partial charge in [-0.3, -0.25) is 9.59 Å². The molecule has 116 valence electrons. The van der Waals surface area contributed by atoms with Crippen LogP contribution in [0.1, 0.15) is 66.0 Å². The zero-order valence-corrected chi connectivity index (χ0v) is 13.4. The van der Waals surface area contributed by atoms with Crippen molar-refractivity contribution in [1.82, 2.24) is 0 Å². The molecule has 1 aromatic heterocycles. The Bertz CT molecular complexity index is 562. The Morgan fingerprint density at radius 3 is 2.48 bits per heavy atom. The lowest BCUT2D eigenvalue weighted by atomic mass is 10.0. The average molecular weight is 309 g/mol. The number of nitrogens with one attached hydrogen (secondary N) is 1. The van der Waals surface area contributed by atoms with Gasteiger partial charge in [0, 0.05) is 13.0 Å². The minimum Gasteiger partial charge on any atom is -0.397 e. The summed E-state index contributed by atoms with van der Waals surface area (Å²) in [5.74, 6) is -0.635. The van der Waals surface area contributed by atoms with Crippen LogP contribution in [0.5, 0.6) is 0 Å². The van der Waals surface area contributed by atoms with Gasteiger partial charge in [-0.25, -0.2) is 0 Å². The van der Waals surface area contributed by atoms with Crippen LogP contribution in [0.15, 0.2) is 0 Å². The van der Waals surface area contributed by atoms with Gasteiger partial charge in [-0.15, -0.1) is 11.3 Å². The number of rotatable bonds is 8. The fraction of sp³-hybridized carbons (Fsp3) is 0.600. The Labute approximate surface area is 129 Å². The molecular formula is C15H23N3O2S. The van der Waals surface area contributed by atoms with Gasteiger partial charge in [0.15, 0.2) is 5.78 Å². The lowest BCUT2D eigenvalue weighted by Gasteiger charge is -2.15. The summed E-state index contributed by atoms with van der Waals surface area (Å²) in [7, 11) is 0. The van der Waals surface area contributed by atoms with Gasteiger partial charge in [-0.05, 0) is 24.7 Å². The lowest BCUT2D eigenvalue weighted by Crippen LogP contribution is -2.18. The second-order valence-electron chi connectivity index (χ2n) is 5.79. The van der Waals surface area contributed by atoms with E-state index in [-0.39, 0.29) is 17.0 Å². The average Bonchev–Trinajstić information content (AvgIpc) is 3.12. The SMILES string of the molecule is CCCC1(CNc2sc(C(=O)CC)c(N)c2C(N)=O)CC1. The fourth-order valence-corrected chi connectivity index (χ4v) is 3.80. The molecule has 0 aromatic carbocycles. The Hall–Kier alpha value is -1.56. The maximum atomic E-state index is 11.9. The summed E-state index contributed by atoms with van der Waals surface area (Å²) in [5, 5.41) is 3.95. The van der Waals surface area contributed by atoms with E-state index >= 15 is 0 Å². The smallest absolute Gasteiger partial charge is 0.253 e. The first-order chi connectivity index (χ1) is 9.94. The van der Waals surface area contributed by atoms with Crippen molar-refractivity contribution in [3.05, 3.63) is 10.4 Å². The van der Waals surface area contributed by atoms with Crippen LogP contribution in [0.4, 0.5) is 10.7 Å². The van der Waals surface area contributed by atoms with Crippen LogP contribution in [0, 0.1) is 5.41 Å². The summed E-state index contributed by atoms with van der Waals surface area (Å²) >= 11 is 1.25. The van der Waals surface area contributed by atoms with Crippen molar-refractivity contribution in [2.45, 2.75) is 46.0 Å². The van der Waals surface area contributed by atoms with Crippen LogP contribution in [0.25, 0.3) is 0 Å². The van der Waals surface area contributed by atoms with Crippen molar-refractivity contribution < 1.29 is 9.59 Å². The largest absolute Gasteiger partial charge is 0.397 e. The zero-order chi connectivity index (χ0) is 15.6. The maximum absolute atomic E-state index is 11.9. The van der Waals surface area contributed by atoms with Crippen LogP contribution in [-0.4, -0.2) is 18.2 Å². The minimum absolute atomic E-state index is 0.0530. The van der Waals surface area contributed by atoms with Crippen molar-refractivity contribution >= 4 is 33.7 Å². The number of hydrogen-bond donors (Lipinski definition) is 3. The molecule has 1 aromatic rings. The highest BCUT2D eigenvalue weighted by atomic mass is 32.1. The molecule has 0 saturated heterocycles. The number of carbonyl (C=O) groups excluding carboxylic acids is 2. The van der Waals surface area contributed by atoms with Gasteiger partial charge < -0.3 is 16.8 Å². The second-order valence-corrected chi connectivity index (χ2v) is 6.81. The van der Waals surface area contributed by atoms with E-state index in [1.807, 2.05) is 0 Å². The number of nitrogen functional groups attached to an aromatic ring is 1. The Balaban J connectivity index is 2.22. The van der Waals surface area contributed by atoms with Crippen molar-refractivity contribution in [3.63, 3.8) is 0 Å². The first kappa shape index (κ1) is 15.8. The van der Waals surface area contributed by atoms with E-state index in [2.05, 4.69) is 12.2 Å². The first-order valence-corrected chi connectivity index (χ1v) is 8.25. The summed E-state index contributed by atoms with van der Waals surface area (Å²) in [6.07, 6.45) is 5.11. The predicted molar refractivity (Wildman–Crippen MR) is 86.9 cm³/mol. The normalized spacial score (nSPS) is 15.7. The molecule has 0 aliphatic heterocycles. The molecule has 5 nitrogen and oxygen atoms in total. The highest BCUT2D eigenvalue weighted by molar-refractivity contribution is 7.19. The van der Waals surface area contributed by atoms with Crippen molar-refractivity contribution in [3.8, 4) is 0 Å². The zero-order valence-electron chi connectivity index (χ0n) is 12.6. The van der Waals surface area contributed by atoms with Crippen molar-refractivity contribution in [1.29, 1.82) is 0 Å². The monoisotopic (exact) mass is 309 g/mol. The summed E-state index contributed by atoms with van der Waals surface area (Å²) in [6, 6.07) is 0. The Morgan fingerprint density at radius 1 is 1.33 bits per heavy atom. The van der Waals surface area contributed by atoms with Crippen LogP contribution in [0.3, 0.4) is 0 Å². The number of primary amides is 1. The molecule has 5 N–H and O–H groups in total. The van der Waals surface area contributed by atoms with Crippen LogP contribution in [-0.2, 0) is 0 Å². The number of carbonyl (C=O) groups is 2. The number of Topliss-reactive ketones (excluding diaryl/α,β-unsaturated/α-hetero) is 1. The van der Waals surface area contributed by atoms with Gasteiger partial charge in [0.05, 0.1) is 16.1 Å². The van der Waals surface area contributed by atoms with E-state index < -0.39 is 5.91 Å². The van der Waals surface area contributed by atoms with Gasteiger partial charge in [0.25, 0.3) is 5.91 Å².